The first kappa shape index (κ1) is 11.2. The minimum atomic E-state index is 0.420. The summed E-state index contributed by atoms with van der Waals surface area (Å²) in [7, 11) is 0. The van der Waals surface area contributed by atoms with Crippen molar-refractivity contribution in [1.29, 1.82) is 0 Å². The number of imidazole rings is 1. The average molecular weight is 269 g/mol. The summed E-state index contributed by atoms with van der Waals surface area (Å²) >= 11 is 1.88. The van der Waals surface area contributed by atoms with Crippen LogP contribution in [0.5, 0.6) is 0 Å². The van der Waals surface area contributed by atoms with E-state index in [2.05, 4.69) is 28.3 Å². The largest absolute Gasteiger partial charge is 0.340 e. The molecule has 0 aliphatic heterocycles. The van der Waals surface area contributed by atoms with Crippen LogP contribution in [-0.4, -0.2) is 15.0 Å². The fraction of sp³-hybridized carbons (Fsp3) is 0.333. The van der Waals surface area contributed by atoms with E-state index in [1.165, 1.54) is 35.3 Å². The second-order valence-electron chi connectivity index (χ2n) is 5.19. The number of pyridine rings is 1. The summed E-state index contributed by atoms with van der Waals surface area (Å²) in [5, 5.41) is 2.20. The molecule has 4 rings (SSSR count). The Bertz CT molecular complexity index is 741. The summed E-state index contributed by atoms with van der Waals surface area (Å²) in [4.78, 5) is 14.1. The molecule has 4 heteroatoms. The van der Waals surface area contributed by atoms with Gasteiger partial charge in [0.25, 0.3) is 0 Å². The van der Waals surface area contributed by atoms with Crippen molar-refractivity contribution in [2.45, 2.75) is 32.1 Å². The third-order valence-corrected chi connectivity index (χ3v) is 5.00. The maximum absolute atomic E-state index is 4.71. The predicted octanol–water partition coefficient (Wildman–Crippen LogP) is 3.80. The van der Waals surface area contributed by atoms with E-state index in [0.717, 1.165) is 17.0 Å². The number of aryl methyl sites for hydroxylation is 2. The molecule has 0 saturated carbocycles. The Morgan fingerprint density at radius 3 is 3.21 bits per heavy atom. The van der Waals surface area contributed by atoms with Gasteiger partial charge in [-0.3, -0.25) is 0 Å². The SMILES string of the molecule is Cc1ccnc2nc(C3CCCc4sccc43)[nH]c12. The van der Waals surface area contributed by atoms with E-state index >= 15 is 0 Å². The molecule has 1 aliphatic carbocycles. The molecule has 0 saturated heterocycles. The molecule has 0 bridgehead atoms. The lowest BCUT2D eigenvalue weighted by Gasteiger charge is -2.20. The van der Waals surface area contributed by atoms with E-state index in [1.54, 1.807) is 0 Å². The van der Waals surface area contributed by atoms with E-state index < -0.39 is 0 Å². The Morgan fingerprint density at radius 1 is 1.37 bits per heavy atom. The molecule has 3 aromatic heterocycles. The van der Waals surface area contributed by atoms with Crippen LogP contribution < -0.4 is 0 Å². The first-order valence-electron chi connectivity index (χ1n) is 6.70. The Kier molecular flexibility index (Phi) is 2.45. The molecular weight excluding hydrogens is 254 g/mol. The Hall–Kier alpha value is -1.68. The summed E-state index contributed by atoms with van der Waals surface area (Å²) in [5.74, 6) is 1.50. The molecule has 19 heavy (non-hydrogen) atoms. The van der Waals surface area contributed by atoms with Gasteiger partial charge in [-0.2, -0.15) is 0 Å². The third kappa shape index (κ3) is 1.70. The first-order valence-corrected chi connectivity index (χ1v) is 7.58. The lowest BCUT2D eigenvalue weighted by atomic mass is 9.87. The molecular formula is C15H15N3S. The van der Waals surface area contributed by atoms with Gasteiger partial charge in [0.15, 0.2) is 5.65 Å². The van der Waals surface area contributed by atoms with Crippen LogP contribution >= 0.6 is 11.3 Å². The summed E-state index contributed by atoms with van der Waals surface area (Å²) in [6.07, 6.45) is 5.49. The van der Waals surface area contributed by atoms with Crippen molar-refractivity contribution in [1.82, 2.24) is 15.0 Å². The minimum absolute atomic E-state index is 0.420. The number of nitrogens with zero attached hydrogens (tertiary/aromatic N) is 2. The molecule has 3 nitrogen and oxygen atoms in total. The first-order chi connectivity index (χ1) is 9.33. The number of thiophene rings is 1. The molecule has 1 atom stereocenters. The number of aromatic nitrogens is 3. The van der Waals surface area contributed by atoms with Crippen molar-refractivity contribution in [3.8, 4) is 0 Å². The molecule has 0 radical (unpaired) electrons. The molecule has 3 heterocycles. The Labute approximate surface area is 115 Å². The molecule has 0 aromatic carbocycles. The average Bonchev–Trinajstić information content (AvgIpc) is 3.05. The van der Waals surface area contributed by atoms with Crippen molar-refractivity contribution in [3.63, 3.8) is 0 Å². The lowest BCUT2D eigenvalue weighted by Crippen LogP contribution is -2.09. The number of hydrogen-bond donors (Lipinski definition) is 1. The zero-order valence-corrected chi connectivity index (χ0v) is 11.6. The maximum Gasteiger partial charge on any atom is 0.177 e. The summed E-state index contributed by atoms with van der Waals surface area (Å²) in [5.41, 5.74) is 4.61. The van der Waals surface area contributed by atoms with Gasteiger partial charge in [-0.25, -0.2) is 9.97 Å². The predicted molar refractivity (Wildman–Crippen MR) is 77.7 cm³/mol. The van der Waals surface area contributed by atoms with Gasteiger partial charge in [0.1, 0.15) is 5.82 Å². The monoisotopic (exact) mass is 269 g/mol. The fourth-order valence-electron chi connectivity index (χ4n) is 2.99. The van der Waals surface area contributed by atoms with Crippen molar-refractivity contribution in [3.05, 3.63) is 45.5 Å². The molecule has 0 fully saturated rings. The quantitative estimate of drug-likeness (QED) is 0.730. The Balaban J connectivity index is 1.86. The van der Waals surface area contributed by atoms with Crippen LogP contribution in [0.15, 0.2) is 23.7 Å². The molecule has 3 aromatic rings. The lowest BCUT2D eigenvalue weighted by molar-refractivity contribution is 0.604. The zero-order chi connectivity index (χ0) is 12.8. The number of aromatic amines is 1. The van der Waals surface area contributed by atoms with Crippen LogP contribution in [0, 0.1) is 6.92 Å². The molecule has 0 amide bonds. The van der Waals surface area contributed by atoms with Crippen molar-refractivity contribution in [2.24, 2.45) is 0 Å². The van der Waals surface area contributed by atoms with Gasteiger partial charge in [-0.1, -0.05) is 0 Å². The highest BCUT2D eigenvalue weighted by molar-refractivity contribution is 7.10. The third-order valence-electron chi connectivity index (χ3n) is 4.00. The van der Waals surface area contributed by atoms with E-state index in [4.69, 9.17) is 4.98 Å². The Morgan fingerprint density at radius 2 is 2.32 bits per heavy atom. The van der Waals surface area contributed by atoms with Crippen LogP contribution in [0.1, 0.15) is 40.6 Å². The normalized spacial score (nSPS) is 18.7. The van der Waals surface area contributed by atoms with E-state index in [0.29, 0.717) is 5.92 Å². The summed E-state index contributed by atoms with van der Waals surface area (Å²) in [6, 6.07) is 4.29. The van der Waals surface area contributed by atoms with Crippen molar-refractivity contribution in [2.75, 3.05) is 0 Å². The van der Waals surface area contributed by atoms with Gasteiger partial charge in [0, 0.05) is 17.0 Å². The van der Waals surface area contributed by atoms with Gasteiger partial charge in [-0.15, -0.1) is 11.3 Å². The van der Waals surface area contributed by atoms with Crippen molar-refractivity contribution >= 4 is 22.5 Å². The topological polar surface area (TPSA) is 41.6 Å². The second-order valence-corrected chi connectivity index (χ2v) is 6.19. The zero-order valence-electron chi connectivity index (χ0n) is 10.8. The van der Waals surface area contributed by atoms with E-state index in [1.807, 2.05) is 23.6 Å². The highest BCUT2D eigenvalue weighted by atomic mass is 32.1. The smallest absolute Gasteiger partial charge is 0.177 e. The number of fused-ring (bicyclic) bond motifs is 2. The summed E-state index contributed by atoms with van der Waals surface area (Å²) < 4.78 is 0. The van der Waals surface area contributed by atoms with Gasteiger partial charge < -0.3 is 4.98 Å². The van der Waals surface area contributed by atoms with E-state index in [9.17, 15) is 0 Å². The molecule has 0 spiro atoms. The van der Waals surface area contributed by atoms with E-state index in [-0.39, 0.29) is 0 Å². The number of H-pyrrole nitrogens is 1. The highest BCUT2D eigenvalue weighted by Crippen LogP contribution is 2.38. The number of nitrogens with one attached hydrogen (secondary N) is 1. The molecule has 96 valence electrons. The molecule has 1 aliphatic rings. The van der Waals surface area contributed by atoms with Crippen LogP contribution in [0.4, 0.5) is 0 Å². The highest BCUT2D eigenvalue weighted by Gasteiger charge is 2.25. The number of rotatable bonds is 1. The van der Waals surface area contributed by atoms with Gasteiger partial charge in [0.2, 0.25) is 0 Å². The van der Waals surface area contributed by atoms with Gasteiger partial charge in [0.05, 0.1) is 5.52 Å². The van der Waals surface area contributed by atoms with Crippen molar-refractivity contribution < 1.29 is 0 Å². The number of hydrogen-bond acceptors (Lipinski definition) is 3. The van der Waals surface area contributed by atoms with Crippen LogP contribution in [0.25, 0.3) is 11.2 Å². The fourth-order valence-corrected chi connectivity index (χ4v) is 3.98. The second kappa shape index (κ2) is 4.17. The van der Waals surface area contributed by atoms with Gasteiger partial charge >= 0.3 is 0 Å². The minimum Gasteiger partial charge on any atom is -0.340 e. The van der Waals surface area contributed by atoms with Crippen LogP contribution in [0.2, 0.25) is 0 Å². The molecule has 1 unspecified atom stereocenters. The maximum atomic E-state index is 4.71. The molecule has 1 N–H and O–H groups in total. The standard InChI is InChI=1S/C15H15N3S/c1-9-5-7-16-15-13(9)17-14(18-15)11-3-2-4-12-10(11)6-8-19-12/h5-8,11H,2-4H2,1H3,(H,16,17,18). The summed E-state index contributed by atoms with van der Waals surface area (Å²) in [6.45, 7) is 2.10. The van der Waals surface area contributed by atoms with Gasteiger partial charge in [-0.05, 0) is 54.8 Å². The van der Waals surface area contributed by atoms with Crippen LogP contribution in [-0.2, 0) is 6.42 Å². The van der Waals surface area contributed by atoms with Crippen LogP contribution in [0.3, 0.4) is 0 Å².